The van der Waals surface area contributed by atoms with E-state index in [0.717, 1.165) is 17.7 Å². The van der Waals surface area contributed by atoms with Crippen molar-refractivity contribution >= 4 is 12.0 Å². The van der Waals surface area contributed by atoms with Gasteiger partial charge in [0.05, 0.1) is 24.8 Å². The largest absolute Gasteiger partial charge is 0.494 e. The Labute approximate surface area is 250 Å². The molecule has 0 saturated carbocycles. The lowest BCUT2D eigenvalue weighted by Gasteiger charge is -2.28. The Kier molecular flexibility index (Phi) is 10.2. The van der Waals surface area contributed by atoms with Gasteiger partial charge in [-0.05, 0) is 68.3 Å². The average Bonchev–Trinajstić information content (AvgIpc) is 3.27. The van der Waals surface area contributed by atoms with E-state index in [4.69, 9.17) is 14.2 Å². The SMILES string of the molecule is CCOC(=O)C(C)(Cc1ccc(OCCC2CN(Cc3ccc(C(F)(F)F)cc3)C(=O)N2CC)cc1)Oc1ccccc1. The second-order valence-electron chi connectivity index (χ2n) is 10.6. The van der Waals surface area contributed by atoms with Gasteiger partial charge in [0.25, 0.3) is 0 Å². The van der Waals surface area contributed by atoms with Crippen LogP contribution < -0.4 is 9.47 Å². The van der Waals surface area contributed by atoms with Gasteiger partial charge in [0.1, 0.15) is 11.5 Å². The molecule has 1 saturated heterocycles. The Hall–Kier alpha value is -4.21. The molecular weight excluding hydrogens is 561 g/mol. The van der Waals surface area contributed by atoms with Crippen LogP contribution in [0.2, 0.25) is 0 Å². The predicted molar refractivity (Wildman–Crippen MR) is 156 cm³/mol. The number of para-hydroxylation sites is 1. The molecule has 43 heavy (non-hydrogen) atoms. The summed E-state index contributed by atoms with van der Waals surface area (Å²) in [5.74, 6) is 0.778. The zero-order valence-corrected chi connectivity index (χ0v) is 24.6. The number of likely N-dealkylation sites (N-methyl/N-ethyl adjacent to an activating group) is 1. The summed E-state index contributed by atoms with van der Waals surface area (Å²) in [5.41, 5.74) is -0.417. The van der Waals surface area contributed by atoms with Crippen molar-refractivity contribution in [3.8, 4) is 11.5 Å². The second-order valence-corrected chi connectivity index (χ2v) is 10.6. The van der Waals surface area contributed by atoms with Crippen LogP contribution in [0, 0.1) is 0 Å². The molecule has 1 aliphatic rings. The van der Waals surface area contributed by atoms with Crippen molar-refractivity contribution in [2.75, 3.05) is 26.3 Å². The first-order valence-electron chi connectivity index (χ1n) is 14.4. The number of alkyl halides is 3. The maximum absolute atomic E-state index is 13.0. The highest BCUT2D eigenvalue weighted by molar-refractivity contribution is 5.80. The van der Waals surface area contributed by atoms with Crippen LogP contribution in [0.5, 0.6) is 11.5 Å². The molecule has 0 aliphatic carbocycles. The number of halogens is 3. The van der Waals surface area contributed by atoms with E-state index in [2.05, 4.69) is 0 Å². The normalized spacial score (nSPS) is 16.6. The summed E-state index contributed by atoms with van der Waals surface area (Å²) in [6.45, 7) is 7.21. The summed E-state index contributed by atoms with van der Waals surface area (Å²) in [4.78, 5) is 29.2. The van der Waals surface area contributed by atoms with Crippen LogP contribution >= 0.6 is 0 Å². The molecule has 1 heterocycles. The fourth-order valence-corrected chi connectivity index (χ4v) is 5.15. The Bertz CT molecular complexity index is 1350. The average molecular weight is 599 g/mol. The number of benzene rings is 3. The molecule has 2 unspecified atom stereocenters. The number of hydrogen-bond acceptors (Lipinski definition) is 5. The van der Waals surface area contributed by atoms with Crippen LogP contribution in [-0.2, 0) is 28.7 Å². The molecule has 1 fully saturated rings. The molecule has 0 radical (unpaired) electrons. The minimum absolute atomic E-state index is 0.0772. The highest BCUT2D eigenvalue weighted by Gasteiger charge is 2.38. The molecule has 7 nitrogen and oxygen atoms in total. The summed E-state index contributed by atoms with van der Waals surface area (Å²) >= 11 is 0. The Balaban J connectivity index is 1.32. The first-order chi connectivity index (χ1) is 20.5. The molecule has 0 spiro atoms. The van der Waals surface area contributed by atoms with Gasteiger partial charge < -0.3 is 24.0 Å². The van der Waals surface area contributed by atoms with Gasteiger partial charge in [0.15, 0.2) is 0 Å². The molecule has 10 heteroatoms. The van der Waals surface area contributed by atoms with Crippen molar-refractivity contribution in [2.24, 2.45) is 0 Å². The third kappa shape index (κ3) is 8.21. The first-order valence-corrected chi connectivity index (χ1v) is 14.4. The highest BCUT2D eigenvalue weighted by atomic mass is 19.4. The van der Waals surface area contributed by atoms with Gasteiger partial charge in [0.2, 0.25) is 5.60 Å². The molecule has 2 amide bonds. The number of carbonyl (C=O) groups excluding carboxylic acids is 2. The highest BCUT2D eigenvalue weighted by Crippen LogP contribution is 2.30. The van der Waals surface area contributed by atoms with Crippen molar-refractivity contribution in [1.29, 1.82) is 0 Å². The molecular formula is C33H37F3N2O5. The lowest BCUT2D eigenvalue weighted by molar-refractivity contribution is -0.160. The van der Waals surface area contributed by atoms with Gasteiger partial charge in [-0.1, -0.05) is 42.5 Å². The topological polar surface area (TPSA) is 68.3 Å². The smallest absolute Gasteiger partial charge is 0.416 e. The number of carbonyl (C=O) groups is 2. The van der Waals surface area contributed by atoms with E-state index in [1.54, 1.807) is 35.8 Å². The molecule has 3 aromatic rings. The predicted octanol–water partition coefficient (Wildman–Crippen LogP) is 6.74. The number of esters is 1. The molecule has 1 aliphatic heterocycles. The summed E-state index contributed by atoms with van der Waals surface area (Å²) < 4.78 is 56.0. The number of ether oxygens (including phenoxy) is 3. The van der Waals surface area contributed by atoms with Crippen LogP contribution in [-0.4, -0.2) is 59.7 Å². The zero-order valence-electron chi connectivity index (χ0n) is 24.6. The van der Waals surface area contributed by atoms with Crippen LogP contribution in [0.3, 0.4) is 0 Å². The summed E-state index contributed by atoms with van der Waals surface area (Å²) in [7, 11) is 0. The van der Waals surface area contributed by atoms with Crippen LogP contribution in [0.15, 0.2) is 78.9 Å². The van der Waals surface area contributed by atoms with Gasteiger partial charge >= 0.3 is 18.2 Å². The van der Waals surface area contributed by atoms with Gasteiger partial charge in [-0.3, -0.25) is 0 Å². The Morgan fingerprint density at radius 1 is 0.907 bits per heavy atom. The van der Waals surface area contributed by atoms with Gasteiger partial charge in [-0.15, -0.1) is 0 Å². The van der Waals surface area contributed by atoms with Crippen molar-refractivity contribution in [3.05, 3.63) is 95.6 Å². The minimum Gasteiger partial charge on any atom is -0.494 e. The van der Waals surface area contributed by atoms with E-state index in [0.29, 0.717) is 49.6 Å². The van der Waals surface area contributed by atoms with E-state index in [1.165, 1.54) is 12.1 Å². The van der Waals surface area contributed by atoms with E-state index in [-0.39, 0.29) is 25.2 Å². The number of rotatable bonds is 13. The number of urea groups is 1. The van der Waals surface area contributed by atoms with Crippen LogP contribution in [0.1, 0.15) is 43.9 Å². The third-order valence-electron chi connectivity index (χ3n) is 7.36. The Morgan fingerprint density at radius 3 is 2.16 bits per heavy atom. The molecule has 0 bridgehead atoms. The zero-order chi connectivity index (χ0) is 31.0. The molecule has 0 N–H and O–H groups in total. The molecule has 0 aromatic heterocycles. The van der Waals surface area contributed by atoms with Gasteiger partial charge in [-0.2, -0.15) is 13.2 Å². The van der Waals surface area contributed by atoms with Crippen LogP contribution in [0.4, 0.5) is 18.0 Å². The van der Waals surface area contributed by atoms with Crippen molar-refractivity contribution < 1.29 is 37.0 Å². The fraction of sp³-hybridized carbons (Fsp3) is 0.394. The monoisotopic (exact) mass is 598 g/mol. The number of amides is 2. The lowest BCUT2D eigenvalue weighted by atomic mass is 9.96. The molecule has 230 valence electrons. The number of nitrogens with zero attached hydrogens (tertiary/aromatic N) is 2. The van der Waals surface area contributed by atoms with Crippen LogP contribution in [0.25, 0.3) is 0 Å². The van der Waals surface area contributed by atoms with E-state index >= 15 is 0 Å². The van der Waals surface area contributed by atoms with Crippen molar-refractivity contribution in [3.63, 3.8) is 0 Å². The minimum atomic E-state index is -4.40. The lowest BCUT2D eigenvalue weighted by Crippen LogP contribution is -2.45. The first kappa shape index (κ1) is 31.7. The van der Waals surface area contributed by atoms with Gasteiger partial charge in [0, 0.05) is 32.5 Å². The second kappa shape index (κ2) is 13.8. The van der Waals surface area contributed by atoms with E-state index < -0.39 is 23.3 Å². The summed E-state index contributed by atoms with van der Waals surface area (Å²) in [5, 5.41) is 0. The maximum atomic E-state index is 13.0. The Morgan fingerprint density at radius 2 is 1.56 bits per heavy atom. The van der Waals surface area contributed by atoms with Gasteiger partial charge in [-0.25, -0.2) is 9.59 Å². The maximum Gasteiger partial charge on any atom is 0.416 e. The standard InChI is InChI=1S/C33H37F3N2O5/c1-4-38-27(23-37(31(38)40)22-25-11-15-26(16-12-25)33(34,35)36)19-20-42-28-17-13-24(14-18-28)21-32(3,30(39)41-5-2)43-29-9-7-6-8-10-29/h6-18,27H,4-5,19-23H2,1-3H3. The summed E-state index contributed by atoms with van der Waals surface area (Å²) in [6, 6.07) is 21.2. The van der Waals surface area contributed by atoms with Crippen molar-refractivity contribution in [2.45, 2.75) is 58.0 Å². The molecule has 3 aromatic carbocycles. The third-order valence-corrected chi connectivity index (χ3v) is 7.36. The fourth-order valence-electron chi connectivity index (χ4n) is 5.15. The van der Waals surface area contributed by atoms with Crippen molar-refractivity contribution in [1.82, 2.24) is 9.80 Å². The van der Waals surface area contributed by atoms with E-state index in [1.807, 2.05) is 49.4 Å². The molecule has 2 atom stereocenters. The molecule has 4 rings (SSSR count). The number of hydrogen-bond donors (Lipinski definition) is 0. The van der Waals surface area contributed by atoms with E-state index in [9.17, 15) is 22.8 Å². The summed E-state index contributed by atoms with van der Waals surface area (Å²) in [6.07, 6.45) is -3.51. The quantitative estimate of drug-likeness (QED) is 0.204.